The van der Waals surface area contributed by atoms with Gasteiger partial charge in [0.25, 0.3) is 0 Å². The van der Waals surface area contributed by atoms with E-state index in [1.54, 1.807) is 13.2 Å². The van der Waals surface area contributed by atoms with Gasteiger partial charge in [-0.05, 0) is 42.2 Å². The molecular formula is C21H24N2O3. The Morgan fingerprint density at radius 3 is 2.73 bits per heavy atom. The summed E-state index contributed by atoms with van der Waals surface area (Å²) in [4.78, 5) is 17.3. The van der Waals surface area contributed by atoms with Crippen LogP contribution in [0.1, 0.15) is 38.4 Å². The Balaban J connectivity index is 2.13. The molecule has 0 fully saturated rings. The third kappa shape index (κ3) is 2.45. The molecule has 1 aliphatic carbocycles. The fourth-order valence-electron chi connectivity index (χ4n) is 4.14. The molecular weight excluding hydrogens is 328 g/mol. The second kappa shape index (κ2) is 5.73. The first-order valence-electron chi connectivity index (χ1n) is 9.02. The van der Waals surface area contributed by atoms with Gasteiger partial charge in [0.15, 0.2) is 11.3 Å². The monoisotopic (exact) mass is 352 g/mol. The van der Waals surface area contributed by atoms with Crippen LogP contribution < -0.4 is 16.1 Å². The van der Waals surface area contributed by atoms with E-state index in [9.17, 15) is 4.79 Å². The molecule has 4 rings (SSSR count). The van der Waals surface area contributed by atoms with E-state index in [1.807, 2.05) is 12.1 Å². The average Bonchev–Trinajstić information content (AvgIpc) is 2.59. The van der Waals surface area contributed by atoms with Crippen molar-refractivity contribution in [2.24, 2.45) is 11.3 Å². The second-order valence-electron chi connectivity index (χ2n) is 8.20. The molecule has 0 amide bonds. The van der Waals surface area contributed by atoms with Crippen LogP contribution >= 0.6 is 0 Å². The van der Waals surface area contributed by atoms with Crippen molar-refractivity contribution in [3.63, 3.8) is 0 Å². The lowest BCUT2D eigenvalue weighted by Gasteiger charge is -2.35. The van der Waals surface area contributed by atoms with Gasteiger partial charge in [0.2, 0.25) is 0 Å². The molecule has 26 heavy (non-hydrogen) atoms. The molecule has 2 heterocycles. The predicted octanol–water partition coefficient (Wildman–Crippen LogP) is 4.08. The summed E-state index contributed by atoms with van der Waals surface area (Å²) in [6.45, 7) is 6.81. The first-order chi connectivity index (χ1) is 12.3. The number of nitrogens with zero attached hydrogens (tertiary/aromatic N) is 1. The molecule has 5 heteroatoms. The molecule has 2 N–H and O–H groups in total. The number of aromatic nitrogens is 1. The fraction of sp³-hybridized carbons (Fsp3) is 0.429. The molecule has 136 valence electrons. The van der Waals surface area contributed by atoms with E-state index in [0.29, 0.717) is 22.6 Å². The van der Waals surface area contributed by atoms with Crippen LogP contribution in [0.4, 0.5) is 5.82 Å². The van der Waals surface area contributed by atoms with Gasteiger partial charge in [-0.1, -0.05) is 32.9 Å². The van der Waals surface area contributed by atoms with E-state index < -0.39 is 5.63 Å². The van der Waals surface area contributed by atoms with E-state index in [0.717, 1.165) is 41.3 Å². The number of benzene rings is 1. The number of nitrogens with two attached hydrogens (primary N) is 1. The number of nitrogen functional groups attached to an aromatic ring is 1. The lowest BCUT2D eigenvalue weighted by atomic mass is 9.71. The van der Waals surface area contributed by atoms with Crippen molar-refractivity contribution >= 4 is 27.6 Å². The number of methoxy groups -OCH3 is 1. The van der Waals surface area contributed by atoms with Crippen LogP contribution in [-0.4, -0.2) is 12.1 Å². The van der Waals surface area contributed by atoms with E-state index >= 15 is 0 Å². The van der Waals surface area contributed by atoms with Crippen LogP contribution in [0, 0.1) is 11.3 Å². The largest absolute Gasteiger partial charge is 0.493 e. The molecule has 0 aliphatic heterocycles. The van der Waals surface area contributed by atoms with Gasteiger partial charge >= 0.3 is 5.63 Å². The van der Waals surface area contributed by atoms with Gasteiger partial charge in [0.05, 0.1) is 7.11 Å². The van der Waals surface area contributed by atoms with Crippen LogP contribution in [0.3, 0.4) is 0 Å². The molecule has 5 nitrogen and oxygen atoms in total. The van der Waals surface area contributed by atoms with Gasteiger partial charge in [-0.2, -0.15) is 0 Å². The summed E-state index contributed by atoms with van der Waals surface area (Å²) in [5.74, 6) is 1.33. The van der Waals surface area contributed by atoms with Gasteiger partial charge in [-0.25, -0.2) is 9.78 Å². The van der Waals surface area contributed by atoms with Crippen molar-refractivity contribution in [1.82, 2.24) is 4.98 Å². The van der Waals surface area contributed by atoms with Crippen molar-refractivity contribution in [3.8, 4) is 5.75 Å². The number of pyridine rings is 1. The first-order valence-corrected chi connectivity index (χ1v) is 9.02. The van der Waals surface area contributed by atoms with Crippen LogP contribution in [0.2, 0.25) is 0 Å². The number of anilines is 1. The zero-order valence-electron chi connectivity index (χ0n) is 15.7. The zero-order valence-corrected chi connectivity index (χ0v) is 15.7. The average molecular weight is 352 g/mol. The van der Waals surface area contributed by atoms with E-state index in [4.69, 9.17) is 14.9 Å². The minimum absolute atomic E-state index is 0.193. The Kier molecular flexibility index (Phi) is 3.72. The van der Waals surface area contributed by atoms with Gasteiger partial charge in [0, 0.05) is 16.5 Å². The molecule has 0 radical (unpaired) electrons. The topological polar surface area (TPSA) is 78.3 Å². The molecule has 0 spiro atoms. The molecule has 0 unspecified atom stereocenters. The summed E-state index contributed by atoms with van der Waals surface area (Å²) < 4.78 is 11.0. The summed E-state index contributed by atoms with van der Waals surface area (Å²) in [7, 11) is 1.57. The highest BCUT2D eigenvalue weighted by Crippen LogP contribution is 2.42. The molecule has 0 saturated heterocycles. The number of ether oxygens (including phenoxy) is 1. The lowest BCUT2D eigenvalue weighted by Crippen LogP contribution is -2.28. The highest BCUT2D eigenvalue weighted by atomic mass is 16.5. The molecule has 0 saturated carbocycles. The first kappa shape index (κ1) is 16.9. The molecule has 1 aliphatic rings. The van der Waals surface area contributed by atoms with Crippen LogP contribution in [0.25, 0.3) is 21.7 Å². The van der Waals surface area contributed by atoms with Crippen molar-refractivity contribution in [1.29, 1.82) is 0 Å². The molecule has 3 aromatic rings. The SMILES string of the molecule is COc1cccc2c1oc(=O)c1c(N)nc3c(c12)C[C@H](C(C)(C)C)CC3. The maximum absolute atomic E-state index is 12.7. The molecule has 2 aromatic heterocycles. The standard InChI is InChI=1S/C21H24N2O3/c1-21(2,3)11-8-9-14-13(10-11)16-12-6-5-7-15(25-4)18(12)26-20(24)17(16)19(22)23-14/h5-7,11H,8-10H2,1-4H3,(H2,22,23)/t11-/m1/s1. The summed E-state index contributed by atoms with van der Waals surface area (Å²) in [5, 5.41) is 2.13. The van der Waals surface area contributed by atoms with Gasteiger partial charge in [0.1, 0.15) is 11.2 Å². The van der Waals surface area contributed by atoms with Crippen molar-refractivity contribution in [2.75, 3.05) is 12.8 Å². The minimum Gasteiger partial charge on any atom is -0.493 e. The molecule has 1 aromatic carbocycles. The Morgan fingerprint density at radius 1 is 1.27 bits per heavy atom. The summed E-state index contributed by atoms with van der Waals surface area (Å²) in [6, 6.07) is 5.67. The number of fused-ring (bicyclic) bond motifs is 5. The molecule has 1 atom stereocenters. The normalized spacial score (nSPS) is 17.5. The van der Waals surface area contributed by atoms with Gasteiger partial charge in [-0.15, -0.1) is 0 Å². The van der Waals surface area contributed by atoms with Crippen LogP contribution in [0.15, 0.2) is 27.4 Å². The van der Waals surface area contributed by atoms with Crippen molar-refractivity contribution in [2.45, 2.75) is 40.0 Å². The highest BCUT2D eigenvalue weighted by molar-refractivity contribution is 6.10. The number of hydrogen-bond acceptors (Lipinski definition) is 5. The summed E-state index contributed by atoms with van der Waals surface area (Å²) in [6.07, 6.45) is 2.85. The second-order valence-corrected chi connectivity index (χ2v) is 8.20. The minimum atomic E-state index is -0.456. The van der Waals surface area contributed by atoms with E-state index in [-0.39, 0.29) is 11.2 Å². The fourth-order valence-corrected chi connectivity index (χ4v) is 4.14. The third-order valence-electron chi connectivity index (χ3n) is 5.68. The molecule has 0 bridgehead atoms. The summed E-state index contributed by atoms with van der Waals surface area (Å²) in [5.41, 5.74) is 8.50. The Morgan fingerprint density at radius 2 is 2.04 bits per heavy atom. The van der Waals surface area contributed by atoms with Crippen molar-refractivity contribution in [3.05, 3.63) is 39.9 Å². The van der Waals surface area contributed by atoms with Crippen LogP contribution in [0.5, 0.6) is 5.75 Å². The quantitative estimate of drug-likeness (QED) is 0.527. The van der Waals surface area contributed by atoms with Crippen molar-refractivity contribution < 1.29 is 9.15 Å². The van der Waals surface area contributed by atoms with Gasteiger partial charge < -0.3 is 14.9 Å². The van der Waals surface area contributed by atoms with E-state index in [2.05, 4.69) is 25.8 Å². The highest BCUT2D eigenvalue weighted by Gasteiger charge is 2.32. The predicted molar refractivity (Wildman–Crippen MR) is 104 cm³/mol. The lowest BCUT2D eigenvalue weighted by molar-refractivity contribution is 0.215. The van der Waals surface area contributed by atoms with Crippen LogP contribution in [-0.2, 0) is 12.8 Å². The smallest absolute Gasteiger partial charge is 0.348 e. The maximum Gasteiger partial charge on any atom is 0.348 e. The zero-order chi connectivity index (χ0) is 18.6. The van der Waals surface area contributed by atoms with Gasteiger partial charge in [-0.3, -0.25) is 0 Å². The number of hydrogen-bond donors (Lipinski definition) is 1. The maximum atomic E-state index is 12.7. The Labute approximate surface area is 152 Å². The number of para-hydroxylation sites is 1. The number of rotatable bonds is 1. The van der Waals surface area contributed by atoms with E-state index in [1.165, 1.54) is 0 Å². The number of aryl methyl sites for hydroxylation is 1. The third-order valence-corrected chi connectivity index (χ3v) is 5.68. The summed E-state index contributed by atoms with van der Waals surface area (Å²) >= 11 is 0. The Hall–Kier alpha value is -2.56. The Bertz CT molecular complexity index is 1080.